The number of amides is 1. The van der Waals surface area contributed by atoms with Crippen molar-refractivity contribution in [1.29, 1.82) is 0 Å². The lowest BCUT2D eigenvalue weighted by Crippen LogP contribution is -2.28. The maximum Gasteiger partial charge on any atom is 0.407 e. The summed E-state index contributed by atoms with van der Waals surface area (Å²) in [6.45, 7) is 4.20. The molecule has 4 heteroatoms. The Morgan fingerprint density at radius 1 is 1.32 bits per heavy atom. The van der Waals surface area contributed by atoms with Crippen LogP contribution in [-0.2, 0) is 11.2 Å². The number of benzene rings is 1. The third-order valence-corrected chi connectivity index (χ3v) is 2.72. The van der Waals surface area contributed by atoms with Gasteiger partial charge in [-0.1, -0.05) is 24.3 Å². The summed E-state index contributed by atoms with van der Waals surface area (Å²) in [6.07, 6.45) is 2.05. The van der Waals surface area contributed by atoms with Crippen LogP contribution in [0.3, 0.4) is 0 Å². The van der Waals surface area contributed by atoms with E-state index in [1.54, 1.807) is 6.20 Å². The first-order chi connectivity index (χ1) is 9.16. The minimum atomic E-state index is -0.372. The van der Waals surface area contributed by atoms with Gasteiger partial charge in [0, 0.05) is 18.1 Å². The highest BCUT2D eigenvalue weighted by molar-refractivity contribution is 5.81. The second-order valence-corrected chi connectivity index (χ2v) is 4.62. The minimum Gasteiger partial charge on any atom is -0.447 e. The molecule has 1 N–H and O–H groups in total. The van der Waals surface area contributed by atoms with Gasteiger partial charge >= 0.3 is 6.09 Å². The average molecular weight is 258 g/mol. The summed E-state index contributed by atoms with van der Waals surface area (Å²) in [5.74, 6) is 0. The lowest BCUT2D eigenvalue weighted by Gasteiger charge is -2.10. The van der Waals surface area contributed by atoms with E-state index in [-0.39, 0.29) is 12.2 Å². The largest absolute Gasteiger partial charge is 0.447 e. The Labute approximate surface area is 112 Å². The van der Waals surface area contributed by atoms with E-state index in [1.807, 2.05) is 44.2 Å². The molecule has 1 aromatic carbocycles. The summed E-state index contributed by atoms with van der Waals surface area (Å²) < 4.78 is 5.01. The summed E-state index contributed by atoms with van der Waals surface area (Å²) in [6, 6.07) is 10.0. The Morgan fingerprint density at radius 3 is 2.89 bits per heavy atom. The highest BCUT2D eigenvalue weighted by Crippen LogP contribution is 2.15. The maximum atomic E-state index is 11.4. The van der Waals surface area contributed by atoms with E-state index in [0.717, 1.165) is 22.9 Å². The Hall–Kier alpha value is -2.10. The van der Waals surface area contributed by atoms with Crippen LogP contribution in [-0.4, -0.2) is 23.7 Å². The lowest BCUT2D eigenvalue weighted by atomic mass is 10.1. The Kier molecular flexibility index (Phi) is 4.34. The normalized spacial score (nSPS) is 10.7. The molecule has 1 amide bonds. The van der Waals surface area contributed by atoms with Crippen molar-refractivity contribution in [1.82, 2.24) is 10.3 Å². The van der Waals surface area contributed by atoms with E-state index >= 15 is 0 Å². The van der Waals surface area contributed by atoms with Gasteiger partial charge in [-0.15, -0.1) is 0 Å². The van der Waals surface area contributed by atoms with Crippen LogP contribution in [0.25, 0.3) is 10.9 Å². The van der Waals surface area contributed by atoms with E-state index in [0.29, 0.717) is 6.54 Å². The molecule has 2 aromatic rings. The Morgan fingerprint density at radius 2 is 2.11 bits per heavy atom. The fourth-order valence-corrected chi connectivity index (χ4v) is 1.92. The quantitative estimate of drug-likeness (QED) is 0.917. The van der Waals surface area contributed by atoms with Gasteiger partial charge in [0.05, 0.1) is 11.6 Å². The number of alkyl carbamates (subject to hydrolysis) is 1. The maximum absolute atomic E-state index is 11.4. The molecule has 0 aliphatic rings. The summed E-state index contributed by atoms with van der Waals surface area (Å²) in [5.41, 5.74) is 2.12. The van der Waals surface area contributed by atoms with Crippen LogP contribution in [0.1, 0.15) is 19.4 Å². The number of para-hydroxylation sites is 1. The topological polar surface area (TPSA) is 51.2 Å². The number of aromatic nitrogens is 1. The number of pyridine rings is 1. The van der Waals surface area contributed by atoms with Gasteiger partial charge in [0.2, 0.25) is 0 Å². The molecule has 0 fully saturated rings. The molecule has 100 valence electrons. The van der Waals surface area contributed by atoms with E-state index in [9.17, 15) is 4.79 Å². The molecule has 19 heavy (non-hydrogen) atoms. The van der Waals surface area contributed by atoms with Crippen molar-refractivity contribution in [3.05, 3.63) is 42.1 Å². The molecule has 1 aromatic heterocycles. The molecule has 0 saturated heterocycles. The van der Waals surface area contributed by atoms with Gasteiger partial charge in [0.25, 0.3) is 0 Å². The average Bonchev–Trinajstić information content (AvgIpc) is 2.38. The smallest absolute Gasteiger partial charge is 0.407 e. The predicted octanol–water partition coefficient (Wildman–Crippen LogP) is 2.91. The zero-order chi connectivity index (χ0) is 13.7. The van der Waals surface area contributed by atoms with Gasteiger partial charge in [-0.3, -0.25) is 4.98 Å². The fourth-order valence-electron chi connectivity index (χ4n) is 1.92. The van der Waals surface area contributed by atoms with Crippen LogP contribution in [0, 0.1) is 0 Å². The highest BCUT2D eigenvalue weighted by Gasteiger charge is 2.05. The van der Waals surface area contributed by atoms with E-state index in [1.165, 1.54) is 0 Å². The summed E-state index contributed by atoms with van der Waals surface area (Å²) >= 11 is 0. The van der Waals surface area contributed by atoms with Crippen LogP contribution < -0.4 is 5.32 Å². The molecule has 1 heterocycles. The molecule has 2 rings (SSSR count). The summed E-state index contributed by atoms with van der Waals surface area (Å²) in [5, 5.41) is 3.85. The van der Waals surface area contributed by atoms with E-state index in [2.05, 4.69) is 10.3 Å². The zero-order valence-electron chi connectivity index (χ0n) is 11.2. The number of hydrogen-bond acceptors (Lipinski definition) is 3. The zero-order valence-corrected chi connectivity index (χ0v) is 11.2. The number of nitrogens with one attached hydrogen (secondary N) is 1. The first-order valence-corrected chi connectivity index (χ1v) is 6.44. The van der Waals surface area contributed by atoms with E-state index in [4.69, 9.17) is 4.74 Å². The number of nitrogens with zero attached hydrogens (tertiary/aromatic N) is 1. The lowest BCUT2D eigenvalue weighted by molar-refractivity contribution is 0.116. The minimum absolute atomic E-state index is 0.0979. The Balaban J connectivity index is 1.97. The summed E-state index contributed by atoms with van der Waals surface area (Å²) in [7, 11) is 0. The van der Waals surface area contributed by atoms with Gasteiger partial charge < -0.3 is 10.1 Å². The first kappa shape index (κ1) is 13.3. The van der Waals surface area contributed by atoms with Crippen LogP contribution in [0.4, 0.5) is 4.79 Å². The van der Waals surface area contributed by atoms with Gasteiger partial charge in [-0.2, -0.15) is 0 Å². The van der Waals surface area contributed by atoms with E-state index < -0.39 is 0 Å². The number of hydrogen-bond donors (Lipinski definition) is 1. The number of ether oxygens (including phenoxy) is 1. The fraction of sp³-hybridized carbons (Fsp3) is 0.333. The molecular formula is C15H18N2O2. The van der Waals surface area contributed by atoms with Crippen LogP contribution in [0.5, 0.6) is 0 Å². The van der Waals surface area contributed by atoms with Gasteiger partial charge in [-0.05, 0) is 31.9 Å². The molecule has 0 bridgehead atoms. The molecule has 0 spiro atoms. The van der Waals surface area contributed by atoms with Gasteiger partial charge in [0.15, 0.2) is 0 Å². The molecule has 0 atom stereocenters. The number of fused-ring (bicyclic) bond motifs is 1. The standard InChI is InChI=1S/C15H18N2O2/c1-11(2)19-15(18)17-10-8-13-6-3-5-12-7-4-9-16-14(12)13/h3-7,9,11H,8,10H2,1-2H3,(H,17,18). The third-order valence-electron chi connectivity index (χ3n) is 2.72. The van der Waals surface area contributed by atoms with Crippen molar-refractivity contribution in [3.63, 3.8) is 0 Å². The molecule has 0 aliphatic heterocycles. The number of rotatable bonds is 4. The molecule has 0 saturated carbocycles. The first-order valence-electron chi connectivity index (χ1n) is 6.44. The summed E-state index contributed by atoms with van der Waals surface area (Å²) in [4.78, 5) is 15.7. The van der Waals surface area contributed by atoms with Crippen molar-refractivity contribution in [3.8, 4) is 0 Å². The van der Waals surface area contributed by atoms with Crippen molar-refractivity contribution in [2.45, 2.75) is 26.4 Å². The SMILES string of the molecule is CC(C)OC(=O)NCCc1cccc2cccnc12. The van der Waals surface area contributed by atoms with Gasteiger partial charge in [0.1, 0.15) is 0 Å². The van der Waals surface area contributed by atoms with Crippen LogP contribution >= 0.6 is 0 Å². The van der Waals surface area contributed by atoms with Crippen molar-refractivity contribution >= 4 is 17.0 Å². The monoisotopic (exact) mass is 258 g/mol. The number of carbonyl (C=O) groups is 1. The molecule has 0 aliphatic carbocycles. The van der Waals surface area contributed by atoms with Crippen molar-refractivity contribution < 1.29 is 9.53 Å². The second-order valence-electron chi connectivity index (χ2n) is 4.62. The third kappa shape index (κ3) is 3.68. The molecule has 0 unspecified atom stereocenters. The van der Waals surface area contributed by atoms with Crippen LogP contribution in [0.2, 0.25) is 0 Å². The highest BCUT2D eigenvalue weighted by atomic mass is 16.6. The van der Waals surface area contributed by atoms with Gasteiger partial charge in [-0.25, -0.2) is 4.79 Å². The number of carbonyl (C=O) groups excluding carboxylic acids is 1. The second kappa shape index (κ2) is 6.18. The Bertz CT molecular complexity index is 562. The van der Waals surface area contributed by atoms with Crippen molar-refractivity contribution in [2.24, 2.45) is 0 Å². The molecule has 4 nitrogen and oxygen atoms in total. The predicted molar refractivity (Wildman–Crippen MR) is 75.1 cm³/mol. The molecular weight excluding hydrogens is 240 g/mol. The van der Waals surface area contributed by atoms with Crippen molar-refractivity contribution in [2.75, 3.05) is 6.54 Å². The van der Waals surface area contributed by atoms with Crippen LogP contribution in [0.15, 0.2) is 36.5 Å². The molecule has 0 radical (unpaired) electrons.